The van der Waals surface area contributed by atoms with Crippen molar-refractivity contribution >= 4 is 54.6 Å². The molecule has 1 unspecified atom stereocenters. The fraction of sp³-hybridized carbons (Fsp3) is 0.259. The van der Waals surface area contributed by atoms with Crippen LogP contribution >= 0.6 is 27.3 Å². The Bertz CT molecular complexity index is 1440. The number of benzene rings is 2. The van der Waals surface area contributed by atoms with Crippen molar-refractivity contribution in [3.05, 3.63) is 84.5 Å². The summed E-state index contributed by atoms with van der Waals surface area (Å²) in [7, 11) is 0. The number of aromatic amines is 1. The molecule has 4 rings (SSSR count). The number of H-pyrrole nitrogens is 1. The fourth-order valence-electron chi connectivity index (χ4n) is 5.25. The highest BCUT2D eigenvalue weighted by Gasteiger charge is 2.30. The van der Waals surface area contributed by atoms with Crippen LogP contribution in [0.5, 0.6) is 0 Å². The molecule has 33 heavy (non-hydrogen) atoms. The van der Waals surface area contributed by atoms with Gasteiger partial charge in [0.05, 0.1) is 5.92 Å². The molecular formula is C27H27BrN2O2S. The normalized spacial score (nSPS) is 12.3. The van der Waals surface area contributed by atoms with E-state index in [2.05, 4.69) is 38.4 Å². The van der Waals surface area contributed by atoms with Gasteiger partial charge in [0.2, 0.25) is 0 Å². The number of rotatable bonds is 5. The molecule has 170 valence electrons. The lowest BCUT2D eigenvalue weighted by Crippen LogP contribution is -2.14. The van der Waals surface area contributed by atoms with Crippen LogP contribution in [0.3, 0.4) is 0 Å². The van der Waals surface area contributed by atoms with Crippen LogP contribution in [0.15, 0.2) is 34.1 Å². The average molecular weight is 523 g/mol. The van der Waals surface area contributed by atoms with E-state index in [1.54, 1.807) is 25.2 Å². The summed E-state index contributed by atoms with van der Waals surface area (Å²) in [6, 6.07) is 8.16. The number of ketones is 2. The molecule has 0 amide bonds. The standard InChI is InChI=1S/C27H27BrN2O2S/c1-12-9-21(29)25(13(2)23(12)16(5)31)26(27-14(3)24(17(6)32)15(4)30-27)20-11-33-22-8-7-18(28)10-19(20)22/h7-11,26,30H,29H2,1-6H3. The van der Waals surface area contributed by atoms with Crippen molar-refractivity contribution in [3.63, 3.8) is 0 Å². The number of carbonyl (C=O) groups is 2. The lowest BCUT2D eigenvalue weighted by molar-refractivity contribution is 0.100. The van der Waals surface area contributed by atoms with Crippen LogP contribution in [0.25, 0.3) is 10.1 Å². The Morgan fingerprint density at radius 3 is 2.27 bits per heavy atom. The molecule has 0 saturated heterocycles. The van der Waals surface area contributed by atoms with Crippen molar-refractivity contribution in [2.75, 3.05) is 5.73 Å². The fourth-order valence-corrected chi connectivity index (χ4v) is 6.57. The Kier molecular flexibility index (Phi) is 6.10. The van der Waals surface area contributed by atoms with Gasteiger partial charge >= 0.3 is 0 Å². The van der Waals surface area contributed by atoms with Crippen molar-refractivity contribution in [2.24, 2.45) is 0 Å². The first-order valence-electron chi connectivity index (χ1n) is 10.8. The maximum atomic E-state index is 12.6. The van der Waals surface area contributed by atoms with Gasteiger partial charge in [-0.3, -0.25) is 9.59 Å². The predicted molar refractivity (Wildman–Crippen MR) is 141 cm³/mol. The zero-order valence-corrected chi connectivity index (χ0v) is 22.0. The minimum Gasteiger partial charge on any atom is -0.398 e. The van der Waals surface area contributed by atoms with Crippen molar-refractivity contribution in [1.82, 2.24) is 4.98 Å². The Balaban J connectivity index is 2.14. The molecule has 4 aromatic rings. The number of carbonyl (C=O) groups excluding carboxylic acids is 2. The van der Waals surface area contributed by atoms with Gasteiger partial charge in [-0.2, -0.15) is 0 Å². The van der Waals surface area contributed by atoms with Crippen molar-refractivity contribution < 1.29 is 9.59 Å². The molecule has 2 aromatic carbocycles. The van der Waals surface area contributed by atoms with Gasteiger partial charge in [0.25, 0.3) is 0 Å². The van der Waals surface area contributed by atoms with E-state index in [1.165, 1.54) is 4.70 Å². The first-order chi connectivity index (χ1) is 15.5. The van der Waals surface area contributed by atoms with E-state index >= 15 is 0 Å². The van der Waals surface area contributed by atoms with Crippen LogP contribution in [0, 0.1) is 27.7 Å². The van der Waals surface area contributed by atoms with Gasteiger partial charge in [-0.15, -0.1) is 11.3 Å². The number of aryl methyl sites for hydroxylation is 2. The summed E-state index contributed by atoms with van der Waals surface area (Å²) in [6.07, 6.45) is 0. The lowest BCUT2D eigenvalue weighted by atomic mass is 9.80. The van der Waals surface area contributed by atoms with E-state index in [9.17, 15) is 9.59 Å². The Hall–Kier alpha value is -2.70. The van der Waals surface area contributed by atoms with Crippen LogP contribution in [0.1, 0.15) is 79.7 Å². The third-order valence-electron chi connectivity index (χ3n) is 6.49. The van der Waals surface area contributed by atoms with E-state index < -0.39 is 0 Å². The number of fused-ring (bicyclic) bond motifs is 1. The van der Waals surface area contributed by atoms with Gasteiger partial charge in [0, 0.05) is 37.4 Å². The zero-order valence-electron chi connectivity index (χ0n) is 19.6. The average Bonchev–Trinajstić information content (AvgIpc) is 3.24. The summed E-state index contributed by atoms with van der Waals surface area (Å²) in [5.74, 6) is -0.201. The maximum absolute atomic E-state index is 12.6. The van der Waals surface area contributed by atoms with Gasteiger partial charge in [-0.25, -0.2) is 0 Å². The van der Waals surface area contributed by atoms with E-state index in [1.807, 2.05) is 39.8 Å². The first kappa shape index (κ1) is 23.5. The Labute approximate surface area is 206 Å². The molecule has 3 N–H and O–H groups in total. The zero-order chi connectivity index (χ0) is 24.2. The number of hydrogen-bond donors (Lipinski definition) is 2. The third-order valence-corrected chi connectivity index (χ3v) is 7.97. The van der Waals surface area contributed by atoms with Gasteiger partial charge in [0.15, 0.2) is 11.6 Å². The number of nitrogens with two attached hydrogens (primary N) is 1. The van der Waals surface area contributed by atoms with E-state index in [4.69, 9.17) is 5.73 Å². The highest BCUT2D eigenvalue weighted by atomic mass is 79.9. The lowest BCUT2D eigenvalue weighted by Gasteiger charge is -2.24. The second-order valence-electron chi connectivity index (χ2n) is 8.74. The number of nitrogen functional groups attached to an aromatic ring is 1. The molecule has 1 atom stereocenters. The maximum Gasteiger partial charge on any atom is 0.161 e. The van der Waals surface area contributed by atoms with E-state index in [0.29, 0.717) is 16.8 Å². The largest absolute Gasteiger partial charge is 0.398 e. The number of hydrogen-bond acceptors (Lipinski definition) is 4. The van der Waals surface area contributed by atoms with Gasteiger partial charge in [0.1, 0.15) is 0 Å². The van der Waals surface area contributed by atoms with Gasteiger partial charge in [-0.1, -0.05) is 15.9 Å². The van der Waals surface area contributed by atoms with Crippen LogP contribution in [0.2, 0.25) is 0 Å². The van der Waals surface area contributed by atoms with E-state index in [-0.39, 0.29) is 17.5 Å². The van der Waals surface area contributed by atoms with Crippen molar-refractivity contribution in [2.45, 2.75) is 47.5 Å². The molecular weight excluding hydrogens is 496 g/mol. The number of Topliss-reactive ketones (excluding diaryl/α,β-unsaturated/α-hetero) is 2. The molecule has 0 bridgehead atoms. The van der Waals surface area contributed by atoms with Crippen LogP contribution in [0.4, 0.5) is 5.69 Å². The minimum absolute atomic E-state index is 0.0201. The Morgan fingerprint density at radius 2 is 1.67 bits per heavy atom. The van der Waals surface area contributed by atoms with Crippen LogP contribution < -0.4 is 5.73 Å². The third kappa shape index (κ3) is 3.85. The van der Waals surface area contributed by atoms with Gasteiger partial charge < -0.3 is 10.7 Å². The molecule has 0 aliphatic carbocycles. The summed E-state index contributed by atoms with van der Waals surface area (Å²) < 4.78 is 2.16. The predicted octanol–water partition coefficient (Wildman–Crippen LogP) is 7.39. The number of anilines is 1. The molecule has 0 aliphatic rings. The molecule has 0 spiro atoms. The molecule has 0 fully saturated rings. The van der Waals surface area contributed by atoms with E-state index in [0.717, 1.165) is 49.1 Å². The monoisotopic (exact) mass is 522 g/mol. The second-order valence-corrected chi connectivity index (χ2v) is 10.6. The number of thiophene rings is 1. The highest BCUT2D eigenvalue weighted by Crippen LogP contribution is 2.45. The molecule has 4 nitrogen and oxygen atoms in total. The number of nitrogens with one attached hydrogen (secondary N) is 1. The molecule has 2 aromatic heterocycles. The van der Waals surface area contributed by atoms with Crippen LogP contribution in [-0.2, 0) is 0 Å². The summed E-state index contributed by atoms with van der Waals surface area (Å²) in [5.41, 5.74) is 15.2. The highest BCUT2D eigenvalue weighted by molar-refractivity contribution is 9.10. The quantitative estimate of drug-likeness (QED) is 0.212. The minimum atomic E-state index is -0.251. The number of halogens is 1. The molecule has 0 radical (unpaired) electrons. The molecule has 0 aliphatic heterocycles. The molecule has 0 saturated carbocycles. The topological polar surface area (TPSA) is 76.0 Å². The van der Waals surface area contributed by atoms with Crippen molar-refractivity contribution in [1.29, 1.82) is 0 Å². The van der Waals surface area contributed by atoms with Crippen LogP contribution in [-0.4, -0.2) is 16.6 Å². The van der Waals surface area contributed by atoms with Crippen molar-refractivity contribution in [3.8, 4) is 0 Å². The smallest absolute Gasteiger partial charge is 0.161 e. The molecule has 2 heterocycles. The Morgan fingerprint density at radius 1 is 1.00 bits per heavy atom. The SMILES string of the molecule is CC(=O)c1c(C)cc(N)c(C(c2[nH]c(C)c(C(C)=O)c2C)c2csc3ccc(Br)cc23)c1C. The summed E-state index contributed by atoms with van der Waals surface area (Å²) >= 11 is 5.29. The second kappa shape index (κ2) is 8.58. The number of aromatic nitrogens is 1. The summed E-state index contributed by atoms with van der Waals surface area (Å²) in [5, 5.41) is 3.29. The first-order valence-corrected chi connectivity index (χ1v) is 12.5. The molecule has 6 heteroatoms. The summed E-state index contributed by atoms with van der Waals surface area (Å²) in [6.45, 7) is 11.0. The van der Waals surface area contributed by atoms with Gasteiger partial charge in [-0.05, 0) is 104 Å². The summed E-state index contributed by atoms with van der Waals surface area (Å²) in [4.78, 5) is 28.5.